The van der Waals surface area contributed by atoms with Crippen molar-refractivity contribution < 1.29 is 9.53 Å². The van der Waals surface area contributed by atoms with Crippen LogP contribution in [0.4, 0.5) is 5.69 Å². The molecule has 21 heavy (non-hydrogen) atoms. The Labute approximate surface area is 122 Å². The third-order valence-electron chi connectivity index (χ3n) is 4.04. The fraction of sp³-hybridized carbons (Fsp3) is 0.500. The molecular weight excluding hydrogens is 270 g/mol. The molecule has 112 valence electrons. The molecule has 1 amide bonds. The molecule has 1 aliphatic rings. The lowest BCUT2D eigenvalue weighted by Crippen LogP contribution is -2.25. The highest BCUT2D eigenvalue weighted by molar-refractivity contribution is 5.93. The van der Waals surface area contributed by atoms with E-state index in [2.05, 4.69) is 20.6 Å². The second-order valence-corrected chi connectivity index (χ2v) is 5.37. The van der Waals surface area contributed by atoms with Gasteiger partial charge in [0.2, 0.25) is 5.91 Å². The van der Waals surface area contributed by atoms with Crippen LogP contribution in [-0.4, -0.2) is 32.5 Å². The maximum atomic E-state index is 12.5. The van der Waals surface area contributed by atoms with Gasteiger partial charge in [0.05, 0.1) is 29.6 Å². The first-order chi connectivity index (χ1) is 10.1. The number of aromatic amines is 1. The van der Waals surface area contributed by atoms with E-state index < -0.39 is 0 Å². The van der Waals surface area contributed by atoms with Gasteiger partial charge in [-0.1, -0.05) is 0 Å². The molecule has 3 rings (SSSR count). The largest absolute Gasteiger partial charge is 0.373 e. The lowest BCUT2D eigenvalue weighted by atomic mass is 9.93. The Morgan fingerprint density at radius 3 is 2.95 bits per heavy atom. The number of aryl methyl sites for hydroxylation is 2. The molecule has 0 aromatic carbocycles. The number of ether oxygens (including phenoxy) is 1. The van der Waals surface area contributed by atoms with Gasteiger partial charge in [0.15, 0.2) is 0 Å². The van der Waals surface area contributed by atoms with Crippen LogP contribution in [0.5, 0.6) is 0 Å². The Hall–Kier alpha value is -2.15. The highest BCUT2D eigenvalue weighted by Crippen LogP contribution is 2.38. The lowest BCUT2D eigenvalue weighted by molar-refractivity contribution is -0.121. The zero-order valence-corrected chi connectivity index (χ0v) is 12.4. The minimum absolute atomic E-state index is 0.0402. The van der Waals surface area contributed by atoms with Gasteiger partial charge in [-0.15, -0.1) is 0 Å². The molecule has 2 aromatic rings. The summed E-state index contributed by atoms with van der Waals surface area (Å²) in [5.74, 6) is -0.247. The van der Waals surface area contributed by atoms with E-state index >= 15 is 0 Å². The summed E-state index contributed by atoms with van der Waals surface area (Å²) in [6.07, 6.45) is 3.72. The first-order valence-electron chi connectivity index (χ1n) is 6.99. The van der Waals surface area contributed by atoms with Crippen LogP contribution in [0.25, 0.3) is 0 Å². The fourth-order valence-corrected chi connectivity index (χ4v) is 2.90. The predicted octanol–water partition coefficient (Wildman–Crippen LogP) is 1.48. The van der Waals surface area contributed by atoms with E-state index in [1.165, 1.54) is 0 Å². The highest BCUT2D eigenvalue weighted by Gasteiger charge is 2.38. The van der Waals surface area contributed by atoms with Crippen LogP contribution in [0.15, 0.2) is 12.4 Å². The quantitative estimate of drug-likeness (QED) is 0.896. The fourth-order valence-electron chi connectivity index (χ4n) is 2.90. The van der Waals surface area contributed by atoms with Crippen molar-refractivity contribution in [1.29, 1.82) is 0 Å². The summed E-state index contributed by atoms with van der Waals surface area (Å²) < 4.78 is 7.66. The average molecular weight is 289 g/mol. The zero-order chi connectivity index (χ0) is 15.0. The number of nitrogens with one attached hydrogen (secondary N) is 2. The summed E-state index contributed by atoms with van der Waals surface area (Å²) >= 11 is 0. The van der Waals surface area contributed by atoms with Gasteiger partial charge < -0.3 is 10.1 Å². The molecule has 1 saturated heterocycles. The monoisotopic (exact) mass is 289 g/mol. The van der Waals surface area contributed by atoms with Crippen LogP contribution in [-0.2, 0) is 16.6 Å². The van der Waals surface area contributed by atoms with Crippen molar-refractivity contribution in [2.24, 2.45) is 13.0 Å². The third kappa shape index (κ3) is 2.44. The van der Waals surface area contributed by atoms with Gasteiger partial charge in [0, 0.05) is 31.1 Å². The number of hydrogen-bond donors (Lipinski definition) is 2. The van der Waals surface area contributed by atoms with Gasteiger partial charge in [0.1, 0.15) is 0 Å². The molecule has 0 unspecified atom stereocenters. The summed E-state index contributed by atoms with van der Waals surface area (Å²) in [6.45, 7) is 4.54. The zero-order valence-electron chi connectivity index (χ0n) is 12.4. The van der Waals surface area contributed by atoms with Crippen LogP contribution >= 0.6 is 0 Å². The maximum Gasteiger partial charge on any atom is 0.230 e. The van der Waals surface area contributed by atoms with Crippen molar-refractivity contribution in [3.8, 4) is 0 Å². The van der Waals surface area contributed by atoms with Crippen molar-refractivity contribution in [3.63, 3.8) is 0 Å². The van der Waals surface area contributed by atoms with Gasteiger partial charge in [-0.05, 0) is 20.3 Å². The van der Waals surface area contributed by atoms with E-state index in [1.54, 1.807) is 12.4 Å². The van der Waals surface area contributed by atoms with E-state index in [1.807, 2.05) is 25.6 Å². The number of nitrogens with zero attached hydrogens (tertiary/aromatic N) is 3. The molecule has 7 nitrogen and oxygen atoms in total. The van der Waals surface area contributed by atoms with Crippen molar-refractivity contribution in [2.75, 3.05) is 11.9 Å². The van der Waals surface area contributed by atoms with E-state index in [0.717, 1.165) is 17.0 Å². The van der Waals surface area contributed by atoms with Crippen LogP contribution < -0.4 is 5.32 Å². The molecule has 2 N–H and O–H groups in total. The van der Waals surface area contributed by atoms with Crippen molar-refractivity contribution in [3.05, 3.63) is 29.3 Å². The molecule has 0 aliphatic carbocycles. The third-order valence-corrected chi connectivity index (χ3v) is 4.04. The molecule has 1 fully saturated rings. The van der Waals surface area contributed by atoms with Crippen LogP contribution in [0.1, 0.15) is 29.5 Å². The smallest absolute Gasteiger partial charge is 0.230 e. The van der Waals surface area contributed by atoms with E-state index in [0.29, 0.717) is 18.7 Å². The van der Waals surface area contributed by atoms with Crippen molar-refractivity contribution >= 4 is 11.6 Å². The first kappa shape index (κ1) is 13.8. The molecule has 3 heterocycles. The summed E-state index contributed by atoms with van der Waals surface area (Å²) in [6, 6.07) is 0. The van der Waals surface area contributed by atoms with Crippen LogP contribution in [0, 0.1) is 19.8 Å². The Morgan fingerprint density at radius 1 is 1.52 bits per heavy atom. The summed E-state index contributed by atoms with van der Waals surface area (Å²) in [7, 11) is 1.90. The molecule has 0 bridgehead atoms. The molecule has 1 aliphatic heterocycles. The minimum Gasteiger partial charge on any atom is -0.373 e. The molecule has 0 saturated carbocycles. The normalized spacial score (nSPS) is 21.7. The Balaban J connectivity index is 1.83. The SMILES string of the molecule is Cc1nn(C)c(C)c1[C@H]1OCC[C@@H]1C(=O)Nc1cn[nH]c1. The van der Waals surface area contributed by atoms with Crippen LogP contribution in [0.2, 0.25) is 0 Å². The predicted molar refractivity (Wildman–Crippen MR) is 76.7 cm³/mol. The average Bonchev–Trinajstić information content (AvgIpc) is 3.13. The number of carbonyl (C=O) groups is 1. The number of amides is 1. The highest BCUT2D eigenvalue weighted by atomic mass is 16.5. The van der Waals surface area contributed by atoms with E-state index in [-0.39, 0.29) is 17.9 Å². The summed E-state index contributed by atoms with van der Waals surface area (Å²) in [4.78, 5) is 12.5. The van der Waals surface area contributed by atoms with Crippen molar-refractivity contribution in [2.45, 2.75) is 26.4 Å². The molecule has 7 heteroatoms. The Morgan fingerprint density at radius 2 is 2.33 bits per heavy atom. The van der Waals surface area contributed by atoms with Crippen molar-refractivity contribution in [1.82, 2.24) is 20.0 Å². The van der Waals surface area contributed by atoms with E-state index in [4.69, 9.17) is 4.74 Å². The van der Waals surface area contributed by atoms with Gasteiger partial charge in [-0.2, -0.15) is 10.2 Å². The number of H-pyrrole nitrogens is 1. The molecule has 0 radical (unpaired) electrons. The van der Waals surface area contributed by atoms with Crippen LogP contribution in [0.3, 0.4) is 0 Å². The molecule has 2 atom stereocenters. The number of hydrogen-bond acceptors (Lipinski definition) is 4. The Bertz CT molecular complexity index is 647. The minimum atomic E-state index is -0.231. The van der Waals surface area contributed by atoms with Gasteiger partial charge in [-0.25, -0.2) is 0 Å². The summed E-state index contributed by atoms with van der Waals surface area (Å²) in [5, 5.41) is 13.8. The molecule has 0 spiro atoms. The molecular formula is C14H19N5O2. The number of aromatic nitrogens is 4. The Kier molecular flexibility index (Phi) is 3.50. The molecule has 2 aromatic heterocycles. The van der Waals surface area contributed by atoms with Gasteiger partial charge in [-0.3, -0.25) is 14.6 Å². The number of carbonyl (C=O) groups excluding carboxylic acids is 1. The second kappa shape index (κ2) is 5.33. The maximum absolute atomic E-state index is 12.5. The lowest BCUT2D eigenvalue weighted by Gasteiger charge is -2.18. The second-order valence-electron chi connectivity index (χ2n) is 5.37. The van der Waals surface area contributed by atoms with E-state index in [9.17, 15) is 4.79 Å². The number of rotatable bonds is 3. The first-order valence-corrected chi connectivity index (χ1v) is 6.99. The topological polar surface area (TPSA) is 84.8 Å². The standard InChI is InChI=1S/C14H19N5O2/c1-8-12(9(2)19(3)18-8)13-11(4-5-21-13)14(20)17-10-6-15-16-7-10/h6-7,11,13H,4-5H2,1-3H3,(H,15,16)(H,17,20)/t11-,13-/m0/s1. The number of anilines is 1. The van der Waals surface area contributed by atoms with Gasteiger partial charge >= 0.3 is 0 Å². The summed E-state index contributed by atoms with van der Waals surface area (Å²) in [5.41, 5.74) is 3.66. The van der Waals surface area contributed by atoms with Gasteiger partial charge in [0.25, 0.3) is 0 Å².